The van der Waals surface area contributed by atoms with Gasteiger partial charge in [0.2, 0.25) is 0 Å². The molecule has 1 amide bonds. The summed E-state index contributed by atoms with van der Waals surface area (Å²) >= 11 is 0. The second-order valence-electron chi connectivity index (χ2n) is 6.25. The largest absolute Gasteiger partial charge is 0.342 e. The van der Waals surface area contributed by atoms with Gasteiger partial charge in [-0.1, -0.05) is 0 Å². The lowest BCUT2D eigenvalue weighted by Gasteiger charge is -2.16. The van der Waals surface area contributed by atoms with Gasteiger partial charge in [-0.3, -0.25) is 9.48 Å². The van der Waals surface area contributed by atoms with Crippen molar-refractivity contribution in [3.8, 4) is 0 Å². The molecule has 118 valence electrons. The lowest BCUT2D eigenvalue weighted by molar-refractivity contribution is 0.0787. The van der Waals surface area contributed by atoms with Crippen molar-refractivity contribution >= 4 is 16.9 Å². The molecule has 0 aliphatic carbocycles. The second kappa shape index (κ2) is 5.22. The number of H-pyrrole nitrogens is 1. The molecule has 6 heteroatoms. The highest BCUT2D eigenvalue weighted by atomic mass is 16.2. The van der Waals surface area contributed by atoms with E-state index in [4.69, 9.17) is 0 Å². The Morgan fingerprint density at radius 1 is 1.35 bits per heavy atom. The SMILES string of the molecule is Cc1cnn(C2CCN(C(=O)c3ccc4nc(C)[nH]c4c3)C2)c1. The molecule has 1 saturated heterocycles. The van der Waals surface area contributed by atoms with Crippen molar-refractivity contribution in [3.05, 3.63) is 47.5 Å². The Hall–Kier alpha value is -2.63. The normalized spacial score (nSPS) is 18.0. The monoisotopic (exact) mass is 309 g/mol. The number of fused-ring (bicyclic) bond motifs is 1. The van der Waals surface area contributed by atoms with Crippen molar-refractivity contribution in [3.63, 3.8) is 0 Å². The first kappa shape index (κ1) is 14.0. The van der Waals surface area contributed by atoms with E-state index in [-0.39, 0.29) is 11.9 Å². The Balaban J connectivity index is 1.54. The van der Waals surface area contributed by atoms with Gasteiger partial charge in [0.25, 0.3) is 5.91 Å². The molecular weight excluding hydrogens is 290 g/mol. The third kappa shape index (κ3) is 2.50. The first-order chi connectivity index (χ1) is 11.1. The fourth-order valence-corrected chi connectivity index (χ4v) is 3.23. The number of imidazole rings is 1. The van der Waals surface area contributed by atoms with E-state index in [1.54, 1.807) is 0 Å². The molecule has 0 spiro atoms. The van der Waals surface area contributed by atoms with Gasteiger partial charge >= 0.3 is 0 Å². The summed E-state index contributed by atoms with van der Waals surface area (Å²) in [5.74, 6) is 0.936. The molecule has 2 aromatic heterocycles. The van der Waals surface area contributed by atoms with Crippen molar-refractivity contribution < 1.29 is 4.79 Å². The first-order valence-electron chi connectivity index (χ1n) is 7.86. The van der Waals surface area contributed by atoms with Gasteiger partial charge in [0.1, 0.15) is 5.82 Å². The summed E-state index contributed by atoms with van der Waals surface area (Å²) in [6.45, 7) is 5.42. The minimum atomic E-state index is 0.0746. The van der Waals surface area contributed by atoms with Crippen molar-refractivity contribution in [1.29, 1.82) is 0 Å². The Morgan fingerprint density at radius 3 is 3.00 bits per heavy atom. The van der Waals surface area contributed by atoms with E-state index in [9.17, 15) is 4.79 Å². The fourth-order valence-electron chi connectivity index (χ4n) is 3.23. The number of aryl methyl sites for hydroxylation is 2. The molecule has 1 N–H and O–H groups in total. The smallest absolute Gasteiger partial charge is 0.254 e. The zero-order chi connectivity index (χ0) is 16.0. The average molecular weight is 309 g/mol. The zero-order valence-corrected chi connectivity index (χ0v) is 13.3. The summed E-state index contributed by atoms with van der Waals surface area (Å²) in [6, 6.07) is 5.92. The van der Waals surface area contributed by atoms with Crippen LogP contribution < -0.4 is 0 Å². The van der Waals surface area contributed by atoms with Crippen LogP contribution in [0.25, 0.3) is 11.0 Å². The molecule has 1 fully saturated rings. The van der Waals surface area contributed by atoms with E-state index in [2.05, 4.69) is 15.1 Å². The molecule has 6 nitrogen and oxygen atoms in total. The fraction of sp³-hybridized carbons (Fsp3) is 0.353. The molecule has 3 heterocycles. The number of carbonyl (C=O) groups is 1. The molecule has 1 aliphatic heterocycles. The average Bonchev–Trinajstić information content (AvgIpc) is 3.23. The molecule has 0 radical (unpaired) electrons. The maximum absolute atomic E-state index is 12.7. The Morgan fingerprint density at radius 2 is 2.22 bits per heavy atom. The zero-order valence-electron chi connectivity index (χ0n) is 13.3. The Kier molecular flexibility index (Phi) is 3.18. The number of carbonyl (C=O) groups excluding carboxylic acids is 1. The van der Waals surface area contributed by atoms with Gasteiger partial charge in [0.05, 0.1) is 23.3 Å². The summed E-state index contributed by atoms with van der Waals surface area (Å²) < 4.78 is 1.98. The highest BCUT2D eigenvalue weighted by Crippen LogP contribution is 2.24. The van der Waals surface area contributed by atoms with E-state index in [0.717, 1.165) is 35.4 Å². The van der Waals surface area contributed by atoms with Crippen LogP contribution in [-0.4, -0.2) is 43.6 Å². The van der Waals surface area contributed by atoms with E-state index in [1.807, 2.05) is 54.0 Å². The Labute approximate surface area is 134 Å². The van der Waals surface area contributed by atoms with E-state index in [0.29, 0.717) is 12.1 Å². The number of likely N-dealkylation sites (tertiary alicyclic amines) is 1. The summed E-state index contributed by atoms with van der Waals surface area (Å²) in [5, 5.41) is 4.37. The number of nitrogens with zero attached hydrogens (tertiary/aromatic N) is 4. The van der Waals surface area contributed by atoms with Crippen LogP contribution in [0, 0.1) is 13.8 Å². The topological polar surface area (TPSA) is 66.8 Å². The maximum atomic E-state index is 12.7. The van der Waals surface area contributed by atoms with Gasteiger partial charge in [-0.15, -0.1) is 0 Å². The van der Waals surface area contributed by atoms with Crippen molar-refractivity contribution in [2.75, 3.05) is 13.1 Å². The molecule has 0 saturated carbocycles. The minimum absolute atomic E-state index is 0.0746. The number of hydrogen-bond acceptors (Lipinski definition) is 3. The number of amides is 1. The van der Waals surface area contributed by atoms with Gasteiger partial charge < -0.3 is 9.88 Å². The molecule has 1 unspecified atom stereocenters. The number of aromatic nitrogens is 4. The standard InChI is InChI=1S/C17H19N5O/c1-11-8-18-22(9-11)14-5-6-21(10-14)17(23)13-3-4-15-16(7-13)20-12(2)19-15/h3-4,7-9,14H,5-6,10H2,1-2H3,(H,19,20). The number of aromatic amines is 1. The quantitative estimate of drug-likeness (QED) is 0.791. The van der Waals surface area contributed by atoms with Gasteiger partial charge in [-0.05, 0) is 44.0 Å². The van der Waals surface area contributed by atoms with Gasteiger partial charge in [0, 0.05) is 24.8 Å². The third-order valence-corrected chi connectivity index (χ3v) is 4.40. The van der Waals surface area contributed by atoms with E-state index < -0.39 is 0 Å². The van der Waals surface area contributed by atoms with Gasteiger partial charge in [-0.2, -0.15) is 5.10 Å². The molecule has 3 aromatic rings. The van der Waals surface area contributed by atoms with Crippen LogP contribution in [0.15, 0.2) is 30.6 Å². The summed E-state index contributed by atoms with van der Waals surface area (Å²) in [7, 11) is 0. The predicted molar refractivity (Wildman–Crippen MR) is 87.4 cm³/mol. The number of rotatable bonds is 2. The first-order valence-corrected chi connectivity index (χ1v) is 7.86. The van der Waals surface area contributed by atoms with Crippen LogP contribution in [0.2, 0.25) is 0 Å². The number of hydrogen-bond donors (Lipinski definition) is 1. The summed E-state index contributed by atoms with van der Waals surface area (Å²) in [4.78, 5) is 22.2. The van der Waals surface area contributed by atoms with Crippen LogP contribution in [-0.2, 0) is 0 Å². The van der Waals surface area contributed by atoms with Crippen molar-refractivity contribution in [1.82, 2.24) is 24.6 Å². The molecule has 23 heavy (non-hydrogen) atoms. The summed E-state index contributed by atoms with van der Waals surface area (Å²) in [5.41, 5.74) is 3.66. The molecule has 0 bridgehead atoms. The van der Waals surface area contributed by atoms with Crippen molar-refractivity contribution in [2.45, 2.75) is 26.3 Å². The van der Waals surface area contributed by atoms with Crippen LogP contribution in [0.4, 0.5) is 0 Å². The lowest BCUT2D eigenvalue weighted by Crippen LogP contribution is -2.29. The van der Waals surface area contributed by atoms with Crippen molar-refractivity contribution in [2.24, 2.45) is 0 Å². The maximum Gasteiger partial charge on any atom is 0.254 e. The molecule has 1 atom stereocenters. The molecule has 1 aromatic carbocycles. The minimum Gasteiger partial charge on any atom is -0.342 e. The molecular formula is C17H19N5O. The van der Waals surface area contributed by atoms with Crippen LogP contribution in [0.3, 0.4) is 0 Å². The Bertz CT molecular complexity index is 878. The van der Waals surface area contributed by atoms with E-state index >= 15 is 0 Å². The lowest BCUT2D eigenvalue weighted by atomic mass is 10.2. The molecule has 4 rings (SSSR count). The van der Waals surface area contributed by atoms with E-state index in [1.165, 1.54) is 0 Å². The predicted octanol–water partition coefficient (Wildman–Crippen LogP) is 2.46. The van der Waals surface area contributed by atoms with Crippen LogP contribution >= 0.6 is 0 Å². The second-order valence-corrected chi connectivity index (χ2v) is 6.25. The van der Waals surface area contributed by atoms with Crippen LogP contribution in [0.5, 0.6) is 0 Å². The summed E-state index contributed by atoms with van der Waals surface area (Å²) in [6.07, 6.45) is 4.84. The van der Waals surface area contributed by atoms with Gasteiger partial charge in [-0.25, -0.2) is 4.98 Å². The number of nitrogens with one attached hydrogen (secondary N) is 1. The van der Waals surface area contributed by atoms with Gasteiger partial charge in [0.15, 0.2) is 0 Å². The third-order valence-electron chi connectivity index (χ3n) is 4.40. The molecule has 1 aliphatic rings. The highest BCUT2D eigenvalue weighted by Gasteiger charge is 2.28. The van der Waals surface area contributed by atoms with Crippen LogP contribution in [0.1, 0.15) is 34.2 Å². The number of benzene rings is 1. The highest BCUT2D eigenvalue weighted by molar-refractivity contribution is 5.97.